The Labute approximate surface area is 92.1 Å². The fourth-order valence-electron chi connectivity index (χ4n) is 1.23. The zero-order valence-corrected chi connectivity index (χ0v) is 8.93. The first-order valence-corrected chi connectivity index (χ1v) is 4.40. The maximum Gasteiger partial charge on any atom is 0.293 e. The van der Waals surface area contributed by atoms with Crippen LogP contribution in [0.1, 0.15) is 5.56 Å². The maximum atomic E-state index is 10.6. The van der Waals surface area contributed by atoms with Crippen LogP contribution < -0.4 is 9.47 Å². The zero-order valence-electron chi connectivity index (χ0n) is 8.93. The molecule has 0 aliphatic carbocycles. The van der Waals surface area contributed by atoms with Crippen LogP contribution in [0, 0.1) is 4.91 Å². The molecule has 16 heavy (non-hydrogen) atoms. The number of methoxy groups -OCH3 is 2. The lowest BCUT2D eigenvalue weighted by atomic mass is 10.1. The molecule has 0 saturated carbocycles. The van der Waals surface area contributed by atoms with Crippen LogP contribution in [-0.4, -0.2) is 20.7 Å². The van der Waals surface area contributed by atoms with Crippen molar-refractivity contribution in [2.75, 3.05) is 14.2 Å². The van der Waals surface area contributed by atoms with Gasteiger partial charge in [0, 0.05) is 11.6 Å². The van der Waals surface area contributed by atoms with E-state index in [1.54, 1.807) is 6.07 Å². The Balaban J connectivity index is 3.14. The SMILES string of the molecule is COc1cc(COC=O)c(N=O)cc1OC. The molecule has 0 radical (unpaired) electrons. The minimum Gasteiger partial charge on any atom is -0.493 e. The van der Waals surface area contributed by atoms with E-state index in [2.05, 4.69) is 9.91 Å². The summed E-state index contributed by atoms with van der Waals surface area (Å²) in [6.45, 7) is 0.260. The topological polar surface area (TPSA) is 74.2 Å². The lowest BCUT2D eigenvalue weighted by molar-refractivity contribution is -0.129. The van der Waals surface area contributed by atoms with Crippen LogP contribution in [0.3, 0.4) is 0 Å². The molecule has 0 aliphatic heterocycles. The van der Waals surface area contributed by atoms with E-state index in [1.807, 2.05) is 0 Å². The maximum absolute atomic E-state index is 10.6. The van der Waals surface area contributed by atoms with Crippen molar-refractivity contribution in [1.82, 2.24) is 0 Å². The Bertz CT molecular complexity index is 391. The molecule has 86 valence electrons. The number of rotatable bonds is 6. The number of nitroso groups, excluding NO2 is 1. The number of benzene rings is 1. The number of carbonyl (C=O) groups is 1. The molecular formula is C10H11NO5. The average molecular weight is 225 g/mol. The van der Waals surface area contributed by atoms with Crippen molar-refractivity contribution in [1.29, 1.82) is 0 Å². The molecule has 1 aromatic rings. The molecule has 0 bridgehead atoms. The van der Waals surface area contributed by atoms with Crippen molar-refractivity contribution in [2.45, 2.75) is 6.61 Å². The molecule has 0 aliphatic rings. The van der Waals surface area contributed by atoms with E-state index in [9.17, 15) is 9.70 Å². The zero-order chi connectivity index (χ0) is 12.0. The highest BCUT2D eigenvalue weighted by Gasteiger charge is 2.11. The van der Waals surface area contributed by atoms with Crippen molar-refractivity contribution in [3.63, 3.8) is 0 Å². The van der Waals surface area contributed by atoms with E-state index in [1.165, 1.54) is 20.3 Å². The van der Waals surface area contributed by atoms with Gasteiger partial charge in [0.15, 0.2) is 11.5 Å². The van der Waals surface area contributed by atoms with Gasteiger partial charge < -0.3 is 14.2 Å². The molecule has 0 aromatic heterocycles. The summed E-state index contributed by atoms with van der Waals surface area (Å²) in [6, 6.07) is 2.97. The first-order chi connectivity index (χ1) is 7.76. The summed E-state index contributed by atoms with van der Waals surface area (Å²) in [7, 11) is 2.92. The predicted molar refractivity (Wildman–Crippen MR) is 55.9 cm³/mol. The van der Waals surface area contributed by atoms with Gasteiger partial charge in [-0.15, -0.1) is 4.91 Å². The standard InChI is InChI=1S/C10H11NO5/c1-14-9-3-7(5-16-6-12)8(11-13)4-10(9)15-2/h3-4,6H,5H2,1-2H3. The summed E-state index contributed by atoms with van der Waals surface area (Å²) in [4.78, 5) is 20.6. The predicted octanol–water partition coefficient (Wildman–Crippen LogP) is 1.77. The van der Waals surface area contributed by atoms with Gasteiger partial charge in [0.25, 0.3) is 6.47 Å². The number of hydrogen-bond acceptors (Lipinski definition) is 6. The molecular weight excluding hydrogens is 214 g/mol. The van der Waals surface area contributed by atoms with E-state index in [0.29, 0.717) is 23.5 Å². The van der Waals surface area contributed by atoms with Crippen LogP contribution in [0.5, 0.6) is 11.5 Å². The van der Waals surface area contributed by atoms with Crippen LogP contribution in [0.4, 0.5) is 5.69 Å². The van der Waals surface area contributed by atoms with Gasteiger partial charge in [-0.2, -0.15) is 0 Å². The molecule has 6 heteroatoms. The number of hydrogen-bond donors (Lipinski definition) is 0. The summed E-state index contributed by atoms with van der Waals surface area (Å²) < 4.78 is 14.6. The highest BCUT2D eigenvalue weighted by atomic mass is 16.5. The molecule has 0 unspecified atom stereocenters. The highest BCUT2D eigenvalue weighted by Crippen LogP contribution is 2.34. The lowest BCUT2D eigenvalue weighted by Gasteiger charge is -2.10. The summed E-state index contributed by atoms with van der Waals surface area (Å²) in [5.74, 6) is 0.839. The average Bonchev–Trinajstić information content (AvgIpc) is 2.35. The number of carbonyl (C=O) groups excluding carboxylic acids is 1. The van der Waals surface area contributed by atoms with Crippen LogP contribution in [0.25, 0.3) is 0 Å². The Morgan fingerprint density at radius 2 is 1.88 bits per heavy atom. The molecule has 0 atom stereocenters. The van der Waals surface area contributed by atoms with E-state index in [4.69, 9.17) is 9.47 Å². The van der Waals surface area contributed by atoms with E-state index in [-0.39, 0.29) is 12.3 Å². The van der Waals surface area contributed by atoms with Crippen LogP contribution in [0.15, 0.2) is 17.3 Å². The normalized spacial score (nSPS) is 9.38. The third kappa shape index (κ3) is 2.47. The van der Waals surface area contributed by atoms with Gasteiger partial charge in [-0.1, -0.05) is 0 Å². The van der Waals surface area contributed by atoms with Gasteiger partial charge >= 0.3 is 0 Å². The van der Waals surface area contributed by atoms with E-state index < -0.39 is 0 Å². The van der Waals surface area contributed by atoms with Gasteiger partial charge in [0.1, 0.15) is 12.3 Å². The van der Waals surface area contributed by atoms with Gasteiger partial charge in [-0.25, -0.2) is 0 Å². The third-order valence-electron chi connectivity index (χ3n) is 1.99. The van der Waals surface area contributed by atoms with Crippen molar-refractivity contribution in [3.8, 4) is 11.5 Å². The highest BCUT2D eigenvalue weighted by molar-refractivity contribution is 5.57. The van der Waals surface area contributed by atoms with Crippen molar-refractivity contribution in [2.24, 2.45) is 5.18 Å². The van der Waals surface area contributed by atoms with Gasteiger partial charge in [-0.05, 0) is 11.2 Å². The first kappa shape index (κ1) is 12.0. The summed E-state index contributed by atoms with van der Waals surface area (Å²) in [6.07, 6.45) is 0. The van der Waals surface area contributed by atoms with Crippen LogP contribution in [0.2, 0.25) is 0 Å². The number of ether oxygens (including phenoxy) is 3. The third-order valence-corrected chi connectivity index (χ3v) is 1.99. The largest absolute Gasteiger partial charge is 0.493 e. The number of nitrogens with zero attached hydrogens (tertiary/aromatic N) is 1. The van der Waals surface area contributed by atoms with Crippen LogP contribution >= 0.6 is 0 Å². The quantitative estimate of drug-likeness (QED) is 0.544. The van der Waals surface area contributed by atoms with Gasteiger partial charge in [0.05, 0.1) is 14.2 Å². The van der Waals surface area contributed by atoms with Gasteiger partial charge in [-0.3, -0.25) is 4.79 Å². The molecule has 0 saturated heterocycles. The fourth-order valence-corrected chi connectivity index (χ4v) is 1.23. The Morgan fingerprint density at radius 1 is 1.25 bits per heavy atom. The molecule has 6 nitrogen and oxygen atoms in total. The molecule has 0 amide bonds. The van der Waals surface area contributed by atoms with Gasteiger partial charge in [0.2, 0.25) is 0 Å². The molecule has 0 heterocycles. The second kappa shape index (κ2) is 5.69. The van der Waals surface area contributed by atoms with Crippen molar-refractivity contribution >= 4 is 12.2 Å². The second-order valence-electron chi connectivity index (χ2n) is 2.83. The van der Waals surface area contributed by atoms with Crippen molar-refractivity contribution < 1.29 is 19.0 Å². The fraction of sp³-hybridized carbons (Fsp3) is 0.300. The monoisotopic (exact) mass is 225 g/mol. The Kier molecular flexibility index (Phi) is 4.26. The van der Waals surface area contributed by atoms with E-state index in [0.717, 1.165) is 0 Å². The molecule has 0 fully saturated rings. The van der Waals surface area contributed by atoms with E-state index >= 15 is 0 Å². The molecule has 1 aromatic carbocycles. The Morgan fingerprint density at radius 3 is 2.38 bits per heavy atom. The minimum absolute atomic E-state index is 0.0368. The first-order valence-electron chi connectivity index (χ1n) is 4.40. The lowest BCUT2D eigenvalue weighted by Crippen LogP contribution is -1.95. The summed E-state index contributed by atoms with van der Waals surface area (Å²) in [5.41, 5.74) is 0.610. The Hall–Kier alpha value is -2.11. The van der Waals surface area contributed by atoms with Crippen molar-refractivity contribution in [3.05, 3.63) is 22.6 Å². The van der Waals surface area contributed by atoms with Crippen LogP contribution in [-0.2, 0) is 16.1 Å². The molecule has 0 spiro atoms. The summed E-state index contributed by atoms with van der Waals surface area (Å²) >= 11 is 0. The molecule has 1 rings (SSSR count). The minimum atomic E-state index is -0.0368. The second-order valence-corrected chi connectivity index (χ2v) is 2.83. The smallest absolute Gasteiger partial charge is 0.293 e. The molecule has 0 N–H and O–H groups in total. The summed E-state index contributed by atoms with van der Waals surface area (Å²) in [5, 5.41) is 2.83.